The molecule has 3 heteroatoms. The van der Waals surface area contributed by atoms with Crippen LogP contribution >= 0.6 is 11.8 Å². The Morgan fingerprint density at radius 3 is 2.43 bits per heavy atom. The lowest BCUT2D eigenvalue weighted by molar-refractivity contribution is -0.659. The summed E-state index contributed by atoms with van der Waals surface area (Å²) in [6, 6.07) is 16.8. The number of fused-ring (bicyclic) bond motifs is 5. The molecule has 6 rings (SSSR count). The van der Waals surface area contributed by atoms with Crippen molar-refractivity contribution in [3.8, 4) is 11.3 Å². The Balaban J connectivity index is 1.77. The van der Waals surface area contributed by atoms with E-state index in [9.17, 15) is 4.39 Å². The van der Waals surface area contributed by atoms with Crippen molar-refractivity contribution in [3.63, 3.8) is 0 Å². The highest BCUT2D eigenvalue weighted by atomic mass is 32.2. The van der Waals surface area contributed by atoms with Gasteiger partial charge in [-0.2, -0.15) is 0 Å². The van der Waals surface area contributed by atoms with Gasteiger partial charge < -0.3 is 0 Å². The zero-order valence-electron chi connectivity index (χ0n) is 22.9. The first-order valence-electron chi connectivity index (χ1n) is 13.3. The number of aromatic nitrogens is 1. The van der Waals surface area contributed by atoms with E-state index in [2.05, 4.69) is 89.7 Å². The van der Waals surface area contributed by atoms with Crippen LogP contribution in [0.2, 0.25) is 0 Å². The first-order valence-corrected chi connectivity index (χ1v) is 14.1. The second kappa shape index (κ2) is 8.56. The number of nitrogens with zero attached hydrogens (tertiary/aromatic N) is 1. The third-order valence-electron chi connectivity index (χ3n) is 7.65. The summed E-state index contributed by atoms with van der Waals surface area (Å²) in [5.74, 6) is 0.431. The van der Waals surface area contributed by atoms with Crippen molar-refractivity contribution in [2.24, 2.45) is 18.4 Å². The maximum Gasteiger partial charge on any atom is 0.222 e. The van der Waals surface area contributed by atoms with E-state index in [1.807, 2.05) is 17.8 Å². The molecule has 0 fully saturated rings. The monoisotopic (exact) mass is 508 g/mol. The summed E-state index contributed by atoms with van der Waals surface area (Å²) in [7, 11) is 2.15. The predicted octanol–water partition coefficient (Wildman–Crippen LogP) is 9.34. The lowest BCUT2D eigenvalue weighted by Crippen LogP contribution is -2.32. The van der Waals surface area contributed by atoms with Gasteiger partial charge in [-0.05, 0) is 87.5 Å². The van der Waals surface area contributed by atoms with Gasteiger partial charge in [0, 0.05) is 21.2 Å². The molecule has 1 aliphatic rings. The molecule has 0 saturated heterocycles. The van der Waals surface area contributed by atoms with Crippen LogP contribution in [0, 0.1) is 24.1 Å². The van der Waals surface area contributed by atoms with Crippen LogP contribution in [-0.4, -0.2) is 0 Å². The molecule has 1 aliphatic heterocycles. The molecule has 0 spiro atoms. The minimum atomic E-state index is -0.186. The fourth-order valence-electron chi connectivity index (χ4n) is 6.16. The minimum absolute atomic E-state index is 0.155. The molecule has 0 amide bonds. The topological polar surface area (TPSA) is 3.88 Å². The molecule has 4 aromatic carbocycles. The molecule has 188 valence electrons. The Hall–Kier alpha value is -2.91. The lowest BCUT2D eigenvalue weighted by atomic mass is 9.82. The fourth-order valence-corrected chi connectivity index (χ4v) is 7.53. The Bertz CT molecular complexity index is 1740. The molecular weight excluding hydrogens is 473 g/mol. The van der Waals surface area contributed by atoms with E-state index in [0.29, 0.717) is 5.92 Å². The molecule has 0 radical (unpaired) electrons. The zero-order valence-corrected chi connectivity index (χ0v) is 23.7. The van der Waals surface area contributed by atoms with E-state index in [0.717, 1.165) is 29.0 Å². The number of hydrogen-bond acceptors (Lipinski definition) is 1. The number of pyridine rings is 1. The second-order valence-electron chi connectivity index (χ2n) is 12.4. The molecular formula is C34H35FNS+. The van der Waals surface area contributed by atoms with E-state index in [-0.39, 0.29) is 11.2 Å². The quantitative estimate of drug-likeness (QED) is 0.170. The van der Waals surface area contributed by atoms with Crippen molar-refractivity contribution in [2.75, 3.05) is 0 Å². The van der Waals surface area contributed by atoms with E-state index < -0.39 is 0 Å². The molecule has 0 bridgehead atoms. The summed E-state index contributed by atoms with van der Waals surface area (Å²) in [5.41, 5.74) is 6.94. The fraction of sp³-hybridized carbons (Fsp3) is 0.324. The summed E-state index contributed by atoms with van der Waals surface area (Å²) >= 11 is 1.91. The van der Waals surface area contributed by atoms with Crippen LogP contribution in [-0.2, 0) is 19.9 Å². The molecule has 1 aromatic heterocycles. The molecule has 37 heavy (non-hydrogen) atoms. The van der Waals surface area contributed by atoms with Crippen LogP contribution in [0.3, 0.4) is 0 Å². The van der Waals surface area contributed by atoms with Crippen molar-refractivity contribution in [3.05, 3.63) is 77.2 Å². The third kappa shape index (κ3) is 4.03. The maximum atomic E-state index is 14.3. The highest BCUT2D eigenvalue weighted by Gasteiger charge is 2.33. The summed E-state index contributed by atoms with van der Waals surface area (Å²) in [6.07, 6.45) is 4.24. The van der Waals surface area contributed by atoms with Gasteiger partial charge in [0.1, 0.15) is 12.9 Å². The lowest BCUT2D eigenvalue weighted by Gasteiger charge is -2.28. The molecule has 0 aliphatic carbocycles. The summed E-state index contributed by atoms with van der Waals surface area (Å²) in [5, 5.41) is 7.19. The third-order valence-corrected chi connectivity index (χ3v) is 8.85. The van der Waals surface area contributed by atoms with Crippen molar-refractivity contribution < 1.29 is 8.96 Å². The molecule has 0 saturated carbocycles. The standard InChI is InChI=1S/C34H35FNS/c1-19(2)14-21-8-11-24-26(15-21)20(3)30-32-31-25(12-13-36(32)7)27-17-23(35)10-9-22(27)16-29(31)37-33(30)28(24)18-34(4,5)6/h8-13,15-17,19H,14,18H2,1-7H3/q+1. The van der Waals surface area contributed by atoms with E-state index >= 15 is 0 Å². The van der Waals surface area contributed by atoms with Gasteiger partial charge in [-0.3, -0.25) is 0 Å². The Labute approximate surface area is 223 Å². The van der Waals surface area contributed by atoms with Gasteiger partial charge in [0.05, 0.1) is 10.9 Å². The number of hydrogen-bond donors (Lipinski definition) is 0. The van der Waals surface area contributed by atoms with Gasteiger partial charge >= 0.3 is 0 Å². The van der Waals surface area contributed by atoms with Crippen molar-refractivity contribution in [1.29, 1.82) is 0 Å². The minimum Gasteiger partial charge on any atom is -0.207 e. The van der Waals surface area contributed by atoms with Crippen molar-refractivity contribution >= 4 is 44.1 Å². The SMILES string of the molecule is Cc1c2c(c(CC(C)(C)C)c3ccc(CC(C)C)cc13)Sc1cc3ccc(F)cc3c3cc[n+](C)c-2c13. The molecule has 5 aromatic rings. The maximum absolute atomic E-state index is 14.3. The number of rotatable bonds is 3. The van der Waals surface area contributed by atoms with Crippen LogP contribution in [0.1, 0.15) is 51.3 Å². The van der Waals surface area contributed by atoms with E-state index in [4.69, 9.17) is 0 Å². The summed E-state index contributed by atoms with van der Waals surface area (Å²) in [6.45, 7) is 13.9. The van der Waals surface area contributed by atoms with Crippen molar-refractivity contribution in [1.82, 2.24) is 0 Å². The van der Waals surface area contributed by atoms with E-state index in [1.165, 1.54) is 53.9 Å². The highest BCUT2D eigenvalue weighted by molar-refractivity contribution is 8.00. The molecule has 1 nitrogen and oxygen atoms in total. The number of halogens is 1. The molecule has 0 N–H and O–H groups in total. The van der Waals surface area contributed by atoms with Gasteiger partial charge in [-0.25, -0.2) is 8.96 Å². The predicted molar refractivity (Wildman–Crippen MR) is 156 cm³/mol. The average molecular weight is 509 g/mol. The first kappa shape index (κ1) is 24.4. The highest BCUT2D eigenvalue weighted by Crippen LogP contribution is 2.53. The average Bonchev–Trinajstić information content (AvgIpc) is 2.82. The van der Waals surface area contributed by atoms with Gasteiger partial charge in [0.25, 0.3) is 0 Å². The Morgan fingerprint density at radius 1 is 0.919 bits per heavy atom. The summed E-state index contributed by atoms with van der Waals surface area (Å²) < 4.78 is 16.6. The molecule has 0 unspecified atom stereocenters. The van der Waals surface area contributed by atoms with Gasteiger partial charge in [0.15, 0.2) is 6.20 Å². The smallest absolute Gasteiger partial charge is 0.207 e. The number of benzene rings is 4. The largest absolute Gasteiger partial charge is 0.222 e. The van der Waals surface area contributed by atoms with Crippen LogP contribution in [0.15, 0.2) is 64.5 Å². The number of aryl methyl sites for hydroxylation is 2. The van der Waals surface area contributed by atoms with Gasteiger partial charge in [0.2, 0.25) is 5.69 Å². The Morgan fingerprint density at radius 2 is 1.70 bits per heavy atom. The van der Waals surface area contributed by atoms with Gasteiger partial charge in [-0.1, -0.05) is 70.6 Å². The van der Waals surface area contributed by atoms with Crippen LogP contribution in [0.4, 0.5) is 4.39 Å². The van der Waals surface area contributed by atoms with Crippen LogP contribution in [0.25, 0.3) is 43.6 Å². The normalized spacial score (nSPS) is 13.2. The Kier molecular flexibility index (Phi) is 5.65. The first-order chi connectivity index (χ1) is 17.5. The molecule has 0 atom stereocenters. The van der Waals surface area contributed by atoms with Crippen LogP contribution in [0.5, 0.6) is 0 Å². The molecule has 2 heterocycles. The summed E-state index contributed by atoms with van der Waals surface area (Å²) in [4.78, 5) is 2.65. The zero-order chi connectivity index (χ0) is 26.2. The van der Waals surface area contributed by atoms with Crippen LogP contribution < -0.4 is 4.57 Å². The van der Waals surface area contributed by atoms with E-state index in [1.54, 1.807) is 12.1 Å². The second-order valence-corrected chi connectivity index (χ2v) is 13.5. The van der Waals surface area contributed by atoms with Gasteiger partial charge in [-0.15, -0.1) is 0 Å². The van der Waals surface area contributed by atoms with Crippen molar-refractivity contribution in [2.45, 2.75) is 64.2 Å².